The highest BCUT2D eigenvalue weighted by Gasteiger charge is 2.32. The van der Waals surface area contributed by atoms with E-state index in [9.17, 15) is 14.9 Å². The van der Waals surface area contributed by atoms with Gasteiger partial charge in [0.25, 0.3) is 0 Å². The van der Waals surface area contributed by atoms with Crippen molar-refractivity contribution < 1.29 is 9.72 Å². The summed E-state index contributed by atoms with van der Waals surface area (Å²) >= 11 is 0. The maximum absolute atomic E-state index is 11.3. The number of hydrogen-bond donors (Lipinski definition) is 2. The SMILES string of the molecule is CCCc1nn(C)c(NC(C)(C)C(N)=O)c1[N+](=O)[O-]. The molecule has 1 heterocycles. The van der Waals surface area contributed by atoms with E-state index in [0.717, 1.165) is 6.42 Å². The van der Waals surface area contributed by atoms with E-state index in [1.165, 1.54) is 4.68 Å². The summed E-state index contributed by atoms with van der Waals surface area (Å²) in [5.74, 6) is -0.405. The monoisotopic (exact) mass is 269 g/mol. The van der Waals surface area contributed by atoms with Gasteiger partial charge in [0.15, 0.2) is 0 Å². The summed E-state index contributed by atoms with van der Waals surface area (Å²) in [4.78, 5) is 22.0. The topological polar surface area (TPSA) is 116 Å². The van der Waals surface area contributed by atoms with E-state index < -0.39 is 16.4 Å². The summed E-state index contributed by atoms with van der Waals surface area (Å²) in [6.07, 6.45) is 1.25. The molecule has 106 valence electrons. The number of aromatic nitrogens is 2. The number of nitro groups is 1. The van der Waals surface area contributed by atoms with Crippen LogP contribution in [0.1, 0.15) is 32.9 Å². The molecule has 1 rings (SSSR count). The molecule has 0 aliphatic heterocycles. The molecule has 19 heavy (non-hydrogen) atoms. The van der Waals surface area contributed by atoms with E-state index in [0.29, 0.717) is 12.1 Å². The predicted molar refractivity (Wildman–Crippen MR) is 70.8 cm³/mol. The van der Waals surface area contributed by atoms with Gasteiger partial charge in [0.2, 0.25) is 11.7 Å². The Bertz CT molecular complexity index is 507. The first-order valence-electron chi connectivity index (χ1n) is 5.99. The molecule has 3 N–H and O–H groups in total. The quantitative estimate of drug-likeness (QED) is 0.589. The van der Waals surface area contributed by atoms with Crippen molar-refractivity contribution in [3.05, 3.63) is 15.8 Å². The minimum absolute atomic E-state index is 0.0984. The lowest BCUT2D eigenvalue weighted by molar-refractivity contribution is -0.384. The van der Waals surface area contributed by atoms with Crippen LogP contribution in [0.3, 0.4) is 0 Å². The highest BCUT2D eigenvalue weighted by molar-refractivity contribution is 5.87. The molecule has 8 nitrogen and oxygen atoms in total. The van der Waals surface area contributed by atoms with E-state index in [-0.39, 0.29) is 11.5 Å². The largest absolute Gasteiger partial charge is 0.368 e. The Morgan fingerprint density at radius 3 is 2.58 bits per heavy atom. The number of amides is 1. The number of carbonyl (C=O) groups is 1. The Morgan fingerprint density at radius 2 is 2.16 bits per heavy atom. The van der Waals surface area contributed by atoms with Crippen molar-refractivity contribution in [2.45, 2.75) is 39.2 Å². The average Bonchev–Trinajstić information content (AvgIpc) is 2.55. The smallest absolute Gasteiger partial charge is 0.334 e. The number of hydrogen-bond acceptors (Lipinski definition) is 5. The van der Waals surface area contributed by atoms with Crippen LogP contribution in [0.5, 0.6) is 0 Å². The third kappa shape index (κ3) is 3.01. The predicted octanol–water partition coefficient (Wildman–Crippen LogP) is 0.957. The number of anilines is 1. The minimum atomic E-state index is -1.10. The molecule has 0 atom stereocenters. The number of nitrogens with one attached hydrogen (secondary N) is 1. The molecule has 0 aromatic carbocycles. The first-order chi connectivity index (χ1) is 8.70. The molecular weight excluding hydrogens is 250 g/mol. The summed E-state index contributed by atoms with van der Waals surface area (Å²) in [7, 11) is 1.59. The molecular formula is C11H19N5O3. The van der Waals surface area contributed by atoms with Crippen LogP contribution >= 0.6 is 0 Å². The molecule has 0 bridgehead atoms. The second-order valence-corrected chi connectivity index (χ2v) is 4.89. The maximum atomic E-state index is 11.3. The van der Waals surface area contributed by atoms with Gasteiger partial charge in [0.1, 0.15) is 11.2 Å². The lowest BCUT2D eigenvalue weighted by Gasteiger charge is -2.22. The van der Waals surface area contributed by atoms with Crippen LogP contribution in [0.25, 0.3) is 0 Å². The van der Waals surface area contributed by atoms with Crippen LogP contribution in [0.2, 0.25) is 0 Å². The van der Waals surface area contributed by atoms with E-state index in [4.69, 9.17) is 5.73 Å². The van der Waals surface area contributed by atoms with Crippen LogP contribution in [0.15, 0.2) is 0 Å². The zero-order valence-electron chi connectivity index (χ0n) is 11.6. The van der Waals surface area contributed by atoms with Crippen molar-refractivity contribution >= 4 is 17.4 Å². The van der Waals surface area contributed by atoms with Gasteiger partial charge in [-0.2, -0.15) is 5.10 Å². The van der Waals surface area contributed by atoms with Crippen LogP contribution in [-0.4, -0.2) is 26.1 Å². The second kappa shape index (κ2) is 5.25. The average molecular weight is 269 g/mol. The van der Waals surface area contributed by atoms with Gasteiger partial charge in [-0.05, 0) is 20.3 Å². The molecule has 0 fully saturated rings. The molecule has 0 aliphatic carbocycles. The Kier molecular flexibility index (Phi) is 4.13. The summed E-state index contributed by atoms with van der Waals surface area (Å²) < 4.78 is 1.37. The van der Waals surface area contributed by atoms with Gasteiger partial charge in [-0.15, -0.1) is 0 Å². The highest BCUT2D eigenvalue weighted by Crippen LogP contribution is 2.31. The molecule has 0 spiro atoms. The fraction of sp³-hybridized carbons (Fsp3) is 0.636. The van der Waals surface area contributed by atoms with E-state index >= 15 is 0 Å². The van der Waals surface area contributed by atoms with Crippen LogP contribution in [0, 0.1) is 10.1 Å². The van der Waals surface area contributed by atoms with Gasteiger partial charge < -0.3 is 11.1 Å². The van der Waals surface area contributed by atoms with Crippen LogP contribution < -0.4 is 11.1 Å². The number of nitrogens with two attached hydrogens (primary N) is 1. The first kappa shape index (κ1) is 14.9. The molecule has 8 heteroatoms. The zero-order chi connectivity index (χ0) is 14.8. The Balaban J connectivity index is 3.27. The van der Waals surface area contributed by atoms with Gasteiger partial charge in [-0.3, -0.25) is 14.9 Å². The normalized spacial score (nSPS) is 11.4. The van der Waals surface area contributed by atoms with Crippen molar-refractivity contribution in [1.29, 1.82) is 0 Å². The van der Waals surface area contributed by atoms with Crippen molar-refractivity contribution in [1.82, 2.24) is 9.78 Å². The molecule has 0 unspecified atom stereocenters. The van der Waals surface area contributed by atoms with Crippen LogP contribution in [-0.2, 0) is 18.3 Å². The van der Waals surface area contributed by atoms with Gasteiger partial charge in [-0.25, -0.2) is 4.68 Å². The fourth-order valence-corrected chi connectivity index (χ4v) is 1.66. The standard InChI is InChI=1S/C11H19N5O3/c1-5-6-7-8(16(18)19)9(15(4)14-7)13-11(2,3)10(12)17/h13H,5-6H2,1-4H3,(H2,12,17). The fourth-order valence-electron chi connectivity index (χ4n) is 1.66. The Morgan fingerprint density at radius 1 is 1.58 bits per heavy atom. The van der Waals surface area contributed by atoms with Crippen molar-refractivity contribution in [2.75, 3.05) is 5.32 Å². The third-order valence-electron chi connectivity index (χ3n) is 2.81. The summed E-state index contributed by atoms with van der Waals surface area (Å²) in [6, 6.07) is 0. The summed E-state index contributed by atoms with van der Waals surface area (Å²) in [6.45, 7) is 5.04. The van der Waals surface area contributed by atoms with E-state index in [1.807, 2.05) is 6.92 Å². The molecule has 1 aromatic rings. The molecule has 1 aromatic heterocycles. The molecule has 0 saturated heterocycles. The lowest BCUT2D eigenvalue weighted by atomic mass is 10.1. The molecule has 0 aliphatic rings. The van der Waals surface area contributed by atoms with Crippen LogP contribution in [0.4, 0.5) is 11.5 Å². The Labute approximate surface area is 111 Å². The molecule has 1 amide bonds. The van der Waals surface area contributed by atoms with E-state index in [2.05, 4.69) is 10.4 Å². The molecule has 0 saturated carbocycles. The summed E-state index contributed by atoms with van der Waals surface area (Å²) in [5, 5.41) is 18.1. The van der Waals surface area contributed by atoms with Crippen molar-refractivity contribution in [3.8, 4) is 0 Å². The number of nitrogens with zero attached hydrogens (tertiary/aromatic N) is 3. The van der Waals surface area contributed by atoms with Crippen molar-refractivity contribution in [3.63, 3.8) is 0 Å². The van der Waals surface area contributed by atoms with Gasteiger partial charge in [0, 0.05) is 7.05 Å². The van der Waals surface area contributed by atoms with Gasteiger partial charge in [0.05, 0.1) is 4.92 Å². The number of aryl methyl sites for hydroxylation is 2. The first-order valence-corrected chi connectivity index (χ1v) is 5.99. The second-order valence-electron chi connectivity index (χ2n) is 4.89. The lowest BCUT2D eigenvalue weighted by Crippen LogP contribution is -2.45. The highest BCUT2D eigenvalue weighted by atomic mass is 16.6. The minimum Gasteiger partial charge on any atom is -0.368 e. The summed E-state index contributed by atoms with van der Waals surface area (Å²) in [5.41, 5.74) is 4.47. The third-order valence-corrected chi connectivity index (χ3v) is 2.81. The maximum Gasteiger partial charge on any atom is 0.334 e. The van der Waals surface area contributed by atoms with Gasteiger partial charge >= 0.3 is 5.69 Å². The number of primary amides is 1. The van der Waals surface area contributed by atoms with Gasteiger partial charge in [-0.1, -0.05) is 13.3 Å². The Hall–Kier alpha value is -2.12. The number of rotatable bonds is 6. The zero-order valence-corrected chi connectivity index (χ0v) is 11.6. The van der Waals surface area contributed by atoms with Crippen molar-refractivity contribution in [2.24, 2.45) is 12.8 Å². The molecule has 0 radical (unpaired) electrons. The number of carbonyl (C=O) groups excluding carboxylic acids is 1. The van der Waals surface area contributed by atoms with E-state index in [1.54, 1.807) is 20.9 Å².